The quantitative estimate of drug-likeness (QED) is 0.346. The first-order valence-corrected chi connectivity index (χ1v) is 9.89. The number of aliphatic hydroxyl groups is 2. The highest BCUT2D eigenvalue weighted by atomic mass is 16.6. The third-order valence-corrected chi connectivity index (χ3v) is 5.98. The molecule has 164 valence electrons. The number of hydrogen-bond acceptors (Lipinski definition) is 8. The van der Waals surface area contributed by atoms with Crippen LogP contribution in [-0.2, 0) is 23.8 Å². The van der Waals surface area contributed by atoms with E-state index in [1.54, 1.807) is 19.9 Å². The fraction of sp³-hybridized carbons (Fsp3) is 0.714. The molecule has 29 heavy (non-hydrogen) atoms. The molecule has 2 aliphatic rings. The van der Waals surface area contributed by atoms with Gasteiger partial charge < -0.3 is 24.4 Å². The molecule has 2 rings (SSSR count). The van der Waals surface area contributed by atoms with Gasteiger partial charge in [0.2, 0.25) is 5.60 Å². The molecule has 1 saturated heterocycles. The van der Waals surface area contributed by atoms with Crippen molar-refractivity contribution in [3.63, 3.8) is 0 Å². The van der Waals surface area contributed by atoms with Crippen molar-refractivity contribution in [3.05, 3.63) is 23.3 Å². The minimum Gasteiger partial charge on any atom is -0.459 e. The Labute approximate surface area is 172 Å². The lowest BCUT2D eigenvalue weighted by Gasteiger charge is -2.40. The van der Waals surface area contributed by atoms with Crippen molar-refractivity contribution in [2.75, 3.05) is 26.8 Å². The molecule has 0 aromatic carbocycles. The minimum atomic E-state index is -2.23. The van der Waals surface area contributed by atoms with Crippen LogP contribution < -0.4 is 0 Å². The van der Waals surface area contributed by atoms with Gasteiger partial charge >= 0.3 is 11.9 Å². The molecule has 0 aliphatic carbocycles. The van der Waals surface area contributed by atoms with Crippen LogP contribution in [0, 0.1) is 0 Å². The Kier molecular flexibility index (Phi) is 7.27. The molecule has 2 N–H and O–H groups in total. The van der Waals surface area contributed by atoms with Gasteiger partial charge in [-0.15, -0.1) is 0 Å². The predicted molar refractivity (Wildman–Crippen MR) is 106 cm³/mol. The van der Waals surface area contributed by atoms with E-state index in [0.717, 1.165) is 12.1 Å². The molecule has 1 fully saturated rings. The van der Waals surface area contributed by atoms with Crippen molar-refractivity contribution >= 4 is 11.9 Å². The average molecular weight is 411 g/mol. The summed E-state index contributed by atoms with van der Waals surface area (Å²) in [4.78, 5) is 27.0. The van der Waals surface area contributed by atoms with Gasteiger partial charge in [-0.3, -0.25) is 4.90 Å². The summed E-state index contributed by atoms with van der Waals surface area (Å²) in [6, 6.07) is -0.161. The van der Waals surface area contributed by atoms with Crippen LogP contribution in [0.3, 0.4) is 0 Å². The number of esters is 2. The standard InChI is InChI=1S/C21H33NO7/c1-7-13(2)18(23)29-16-9-11-22-10-8-15(17(16)22)12-28-19(24)21(26,14(3)27-6)20(4,5)25/h7-8,14,16-17,25-26H,9-12H2,1-6H3/t14-,16+,17-,21+/m1/s1. The fourth-order valence-electron chi connectivity index (χ4n) is 3.82. The molecular weight excluding hydrogens is 378 g/mol. The molecule has 0 amide bonds. The predicted octanol–water partition coefficient (Wildman–Crippen LogP) is 0.959. The summed E-state index contributed by atoms with van der Waals surface area (Å²) in [7, 11) is 1.34. The lowest BCUT2D eigenvalue weighted by atomic mass is 9.81. The number of carbonyl (C=O) groups excluding carboxylic acids is 2. The molecular formula is C21H33NO7. The van der Waals surface area contributed by atoms with E-state index in [2.05, 4.69) is 4.90 Å². The molecule has 0 spiro atoms. The molecule has 0 unspecified atom stereocenters. The second-order valence-corrected chi connectivity index (χ2v) is 8.20. The molecule has 8 nitrogen and oxygen atoms in total. The lowest BCUT2D eigenvalue weighted by molar-refractivity contribution is -0.216. The van der Waals surface area contributed by atoms with Gasteiger partial charge in [0.05, 0.1) is 12.1 Å². The Morgan fingerprint density at radius 2 is 2.03 bits per heavy atom. The lowest BCUT2D eigenvalue weighted by Crippen LogP contribution is -2.63. The van der Waals surface area contributed by atoms with E-state index in [4.69, 9.17) is 14.2 Å². The maximum atomic E-state index is 12.7. The highest BCUT2D eigenvalue weighted by Crippen LogP contribution is 2.33. The van der Waals surface area contributed by atoms with Gasteiger partial charge in [-0.25, -0.2) is 9.59 Å². The summed E-state index contributed by atoms with van der Waals surface area (Å²) in [6.45, 7) is 9.03. The summed E-state index contributed by atoms with van der Waals surface area (Å²) in [5.74, 6) is -1.32. The maximum Gasteiger partial charge on any atom is 0.344 e. The van der Waals surface area contributed by atoms with Crippen LogP contribution in [0.2, 0.25) is 0 Å². The monoisotopic (exact) mass is 411 g/mol. The summed E-state index contributed by atoms with van der Waals surface area (Å²) < 4.78 is 16.1. The zero-order valence-corrected chi connectivity index (χ0v) is 18.1. The largest absolute Gasteiger partial charge is 0.459 e. The molecule has 4 atom stereocenters. The normalized spacial score (nSPS) is 25.8. The maximum absolute atomic E-state index is 12.7. The third-order valence-electron chi connectivity index (χ3n) is 5.98. The zero-order valence-electron chi connectivity index (χ0n) is 18.1. The second kappa shape index (κ2) is 8.95. The molecule has 0 radical (unpaired) electrons. The first-order chi connectivity index (χ1) is 13.5. The Bertz CT molecular complexity index is 694. The Morgan fingerprint density at radius 1 is 1.38 bits per heavy atom. The first-order valence-electron chi connectivity index (χ1n) is 9.89. The van der Waals surface area contributed by atoms with Crippen molar-refractivity contribution in [2.24, 2.45) is 0 Å². The van der Waals surface area contributed by atoms with Crippen LogP contribution in [0.5, 0.6) is 0 Å². The van der Waals surface area contributed by atoms with Gasteiger partial charge in [-0.1, -0.05) is 12.2 Å². The third kappa shape index (κ3) is 4.55. The van der Waals surface area contributed by atoms with Crippen LogP contribution in [0.4, 0.5) is 0 Å². The number of nitrogens with zero attached hydrogens (tertiary/aromatic N) is 1. The van der Waals surface area contributed by atoms with Crippen molar-refractivity contribution < 1.29 is 34.0 Å². The molecule has 0 aromatic rings. The van der Waals surface area contributed by atoms with Crippen molar-refractivity contribution in [1.82, 2.24) is 4.90 Å². The van der Waals surface area contributed by atoms with Gasteiger partial charge in [0.1, 0.15) is 18.3 Å². The van der Waals surface area contributed by atoms with Crippen molar-refractivity contribution in [2.45, 2.75) is 70.5 Å². The van der Waals surface area contributed by atoms with E-state index in [9.17, 15) is 19.8 Å². The molecule has 0 aromatic heterocycles. The molecule has 0 bridgehead atoms. The minimum absolute atomic E-state index is 0.0640. The van der Waals surface area contributed by atoms with Gasteiger partial charge in [-0.05, 0) is 46.6 Å². The number of hydrogen-bond donors (Lipinski definition) is 2. The van der Waals surface area contributed by atoms with E-state index >= 15 is 0 Å². The van der Waals surface area contributed by atoms with Gasteiger partial charge in [-0.2, -0.15) is 0 Å². The van der Waals surface area contributed by atoms with Crippen molar-refractivity contribution in [1.29, 1.82) is 0 Å². The number of carbonyl (C=O) groups is 2. The van der Waals surface area contributed by atoms with Crippen LogP contribution in [0.25, 0.3) is 0 Å². The Balaban J connectivity index is 2.08. The summed E-state index contributed by atoms with van der Waals surface area (Å²) in [6.07, 6.45) is 3.05. The van der Waals surface area contributed by atoms with Crippen LogP contribution in [-0.4, -0.2) is 83.3 Å². The van der Waals surface area contributed by atoms with E-state index in [0.29, 0.717) is 18.5 Å². The number of allylic oxidation sites excluding steroid dienone is 1. The first kappa shape index (κ1) is 23.5. The second-order valence-electron chi connectivity index (χ2n) is 8.20. The van der Waals surface area contributed by atoms with Crippen molar-refractivity contribution in [3.8, 4) is 0 Å². The number of ether oxygens (including phenoxy) is 3. The summed E-state index contributed by atoms with van der Waals surface area (Å²) >= 11 is 0. The molecule has 0 saturated carbocycles. The Morgan fingerprint density at radius 3 is 2.59 bits per heavy atom. The van der Waals surface area contributed by atoms with Gasteiger partial charge in [0.25, 0.3) is 0 Å². The molecule has 2 aliphatic heterocycles. The number of fused-ring (bicyclic) bond motifs is 1. The van der Waals surface area contributed by atoms with E-state index in [1.165, 1.54) is 27.9 Å². The SMILES string of the molecule is CC=C(C)C(=O)O[C@H]1CCN2CC=C(COC(=O)[C@@](O)([C@@H](C)OC)C(C)(C)O)[C@H]12. The highest BCUT2D eigenvalue weighted by molar-refractivity contribution is 5.87. The summed E-state index contributed by atoms with van der Waals surface area (Å²) in [5.41, 5.74) is -2.65. The highest BCUT2D eigenvalue weighted by Gasteiger charge is 2.55. The zero-order chi connectivity index (χ0) is 22.0. The fourth-order valence-corrected chi connectivity index (χ4v) is 3.82. The van der Waals surface area contributed by atoms with E-state index < -0.39 is 23.3 Å². The van der Waals surface area contributed by atoms with E-state index in [-0.39, 0.29) is 24.7 Å². The van der Waals surface area contributed by atoms with Gasteiger partial charge in [0.15, 0.2) is 0 Å². The molecule has 8 heteroatoms. The number of methoxy groups -OCH3 is 1. The smallest absolute Gasteiger partial charge is 0.344 e. The molecule has 2 heterocycles. The van der Waals surface area contributed by atoms with Crippen LogP contribution >= 0.6 is 0 Å². The topological polar surface area (TPSA) is 106 Å². The van der Waals surface area contributed by atoms with Crippen LogP contribution in [0.1, 0.15) is 41.0 Å². The average Bonchev–Trinajstić information content (AvgIpc) is 3.26. The Hall–Kier alpha value is -1.74. The summed E-state index contributed by atoms with van der Waals surface area (Å²) in [5, 5.41) is 21.2. The van der Waals surface area contributed by atoms with Gasteiger partial charge in [0, 0.05) is 25.8 Å². The van der Waals surface area contributed by atoms with Crippen LogP contribution in [0.15, 0.2) is 23.3 Å². The van der Waals surface area contributed by atoms with E-state index in [1.807, 2.05) is 6.08 Å². The number of rotatable bonds is 8.